The van der Waals surface area contributed by atoms with E-state index >= 15 is 0 Å². The summed E-state index contributed by atoms with van der Waals surface area (Å²) >= 11 is 1.61. The van der Waals surface area contributed by atoms with Gasteiger partial charge in [0.15, 0.2) is 0 Å². The lowest BCUT2D eigenvalue weighted by Crippen LogP contribution is -2.25. The molecule has 4 aromatic rings. The normalized spacial score (nSPS) is 10.4. The second-order valence-electron chi connectivity index (χ2n) is 7.31. The third-order valence-electron chi connectivity index (χ3n) is 4.96. The maximum Gasteiger partial charge on any atom is 0.256 e. The molecule has 4 rings (SSSR count). The first-order valence-electron chi connectivity index (χ1n) is 10.5. The van der Waals surface area contributed by atoms with Gasteiger partial charge in [-0.1, -0.05) is 60.7 Å². The summed E-state index contributed by atoms with van der Waals surface area (Å²) in [7, 11) is 0. The van der Waals surface area contributed by atoms with Gasteiger partial charge in [-0.2, -0.15) is 0 Å². The van der Waals surface area contributed by atoms with Crippen molar-refractivity contribution in [2.75, 3.05) is 5.32 Å². The first kappa shape index (κ1) is 22.3. The lowest BCUT2D eigenvalue weighted by atomic mass is 10.1. The first-order chi connectivity index (χ1) is 16.2. The Bertz CT molecular complexity index is 1230. The van der Waals surface area contributed by atoms with Crippen molar-refractivity contribution < 1.29 is 9.59 Å². The van der Waals surface area contributed by atoms with Crippen LogP contribution in [0.4, 0.5) is 5.69 Å². The smallest absolute Gasteiger partial charge is 0.256 e. The van der Waals surface area contributed by atoms with Crippen LogP contribution >= 0.6 is 11.8 Å². The van der Waals surface area contributed by atoms with Crippen molar-refractivity contribution in [3.8, 4) is 0 Å². The van der Waals surface area contributed by atoms with Gasteiger partial charge in [-0.25, -0.2) is 0 Å². The van der Waals surface area contributed by atoms with Gasteiger partial charge in [0.1, 0.15) is 0 Å². The molecule has 0 unspecified atom stereocenters. The second-order valence-corrected chi connectivity index (χ2v) is 8.33. The van der Waals surface area contributed by atoms with Gasteiger partial charge in [-0.3, -0.25) is 14.6 Å². The number of aromatic nitrogens is 1. The number of nitrogens with zero attached hydrogens (tertiary/aromatic N) is 1. The van der Waals surface area contributed by atoms with E-state index in [4.69, 9.17) is 0 Å². The van der Waals surface area contributed by atoms with Crippen LogP contribution < -0.4 is 10.6 Å². The summed E-state index contributed by atoms with van der Waals surface area (Å²) in [5.41, 5.74) is 3.53. The van der Waals surface area contributed by atoms with Gasteiger partial charge in [0.05, 0.1) is 16.8 Å². The number of anilines is 1. The van der Waals surface area contributed by atoms with Crippen LogP contribution in [0.1, 0.15) is 31.8 Å². The number of amides is 2. The molecule has 0 fully saturated rings. The number of benzene rings is 3. The van der Waals surface area contributed by atoms with Crippen molar-refractivity contribution in [1.82, 2.24) is 10.3 Å². The average molecular weight is 454 g/mol. The monoisotopic (exact) mass is 453 g/mol. The zero-order chi connectivity index (χ0) is 22.9. The highest BCUT2D eigenvalue weighted by molar-refractivity contribution is 7.98. The van der Waals surface area contributed by atoms with E-state index in [1.807, 2.05) is 48.5 Å². The summed E-state index contributed by atoms with van der Waals surface area (Å²) < 4.78 is 0. The van der Waals surface area contributed by atoms with E-state index in [1.165, 1.54) is 5.56 Å². The molecule has 2 N–H and O–H groups in total. The Labute approximate surface area is 197 Å². The van der Waals surface area contributed by atoms with Gasteiger partial charge >= 0.3 is 0 Å². The molecule has 5 nitrogen and oxygen atoms in total. The fourth-order valence-electron chi connectivity index (χ4n) is 3.28. The van der Waals surface area contributed by atoms with Crippen LogP contribution in [0.3, 0.4) is 0 Å². The van der Waals surface area contributed by atoms with Crippen molar-refractivity contribution in [2.45, 2.75) is 17.2 Å². The molecule has 0 atom stereocenters. The molecule has 0 bridgehead atoms. The average Bonchev–Trinajstić information content (AvgIpc) is 2.88. The van der Waals surface area contributed by atoms with Gasteiger partial charge in [0.2, 0.25) is 0 Å². The largest absolute Gasteiger partial charge is 0.348 e. The Kier molecular flexibility index (Phi) is 7.51. The Morgan fingerprint density at radius 3 is 2.21 bits per heavy atom. The second kappa shape index (κ2) is 11.1. The van der Waals surface area contributed by atoms with Crippen LogP contribution in [-0.4, -0.2) is 16.8 Å². The van der Waals surface area contributed by atoms with Crippen LogP contribution in [0.5, 0.6) is 0 Å². The molecule has 0 aliphatic heterocycles. The Hall–Kier alpha value is -3.90. The maximum atomic E-state index is 13.1. The third-order valence-corrected chi connectivity index (χ3v) is 6.11. The number of carbonyl (C=O) groups excluding carboxylic acids is 2. The molecule has 0 saturated heterocycles. The molecule has 3 aromatic carbocycles. The van der Waals surface area contributed by atoms with Crippen molar-refractivity contribution in [3.63, 3.8) is 0 Å². The van der Waals surface area contributed by atoms with Crippen LogP contribution in [-0.2, 0) is 12.3 Å². The lowest BCUT2D eigenvalue weighted by Gasteiger charge is -2.13. The molecule has 0 saturated carbocycles. The molecule has 0 spiro atoms. The molecule has 164 valence electrons. The van der Waals surface area contributed by atoms with E-state index in [0.29, 0.717) is 23.4 Å². The van der Waals surface area contributed by atoms with Gasteiger partial charge < -0.3 is 10.6 Å². The summed E-state index contributed by atoms with van der Waals surface area (Å²) in [5, 5.41) is 5.80. The number of nitrogens with one attached hydrogen (secondary N) is 2. The molecular weight excluding hydrogens is 430 g/mol. The number of hydrogen-bond acceptors (Lipinski definition) is 4. The predicted molar refractivity (Wildman–Crippen MR) is 132 cm³/mol. The van der Waals surface area contributed by atoms with Crippen molar-refractivity contribution in [3.05, 3.63) is 126 Å². The minimum atomic E-state index is -0.263. The fraction of sp³-hybridized carbons (Fsp3) is 0.0741. The van der Waals surface area contributed by atoms with E-state index in [1.54, 1.807) is 54.5 Å². The zero-order valence-electron chi connectivity index (χ0n) is 17.9. The number of thioether (sulfide) groups is 1. The highest BCUT2D eigenvalue weighted by atomic mass is 32.2. The topological polar surface area (TPSA) is 71.1 Å². The quantitative estimate of drug-likeness (QED) is 0.343. The Balaban J connectivity index is 1.46. The molecule has 33 heavy (non-hydrogen) atoms. The SMILES string of the molecule is O=C(NCc1cccnc1)c1ccccc1NC(=O)c1ccccc1SCc1ccccc1. The van der Waals surface area contributed by atoms with E-state index in [0.717, 1.165) is 16.2 Å². The summed E-state index contributed by atoms with van der Waals surface area (Å²) in [6, 6.07) is 28.3. The third kappa shape index (κ3) is 6.08. The zero-order valence-corrected chi connectivity index (χ0v) is 18.7. The van der Waals surface area contributed by atoms with Crippen LogP contribution in [0, 0.1) is 0 Å². The number of rotatable bonds is 8. The molecule has 0 aliphatic rings. The van der Waals surface area contributed by atoms with Crippen molar-refractivity contribution >= 4 is 29.3 Å². The fourth-order valence-corrected chi connectivity index (χ4v) is 4.28. The van der Waals surface area contributed by atoms with E-state index in [9.17, 15) is 9.59 Å². The Morgan fingerprint density at radius 1 is 0.727 bits per heavy atom. The molecule has 6 heteroatoms. The minimum absolute atomic E-state index is 0.251. The predicted octanol–water partition coefficient (Wildman–Crippen LogP) is 5.56. The molecule has 0 aliphatic carbocycles. The van der Waals surface area contributed by atoms with E-state index < -0.39 is 0 Å². The van der Waals surface area contributed by atoms with Crippen molar-refractivity contribution in [2.24, 2.45) is 0 Å². The molecule has 1 aromatic heterocycles. The molecule has 0 radical (unpaired) electrons. The number of pyridine rings is 1. The van der Waals surface area contributed by atoms with Crippen molar-refractivity contribution in [1.29, 1.82) is 0 Å². The highest BCUT2D eigenvalue weighted by Gasteiger charge is 2.16. The van der Waals surface area contributed by atoms with E-state index in [-0.39, 0.29) is 11.8 Å². The maximum absolute atomic E-state index is 13.1. The summed E-state index contributed by atoms with van der Waals surface area (Å²) in [5.74, 6) is 0.249. The number of para-hydroxylation sites is 1. The van der Waals surface area contributed by atoms with Gasteiger partial charge in [-0.15, -0.1) is 11.8 Å². The van der Waals surface area contributed by atoms with Crippen LogP contribution in [0.15, 0.2) is 108 Å². The van der Waals surface area contributed by atoms with Gasteiger partial charge in [-0.05, 0) is 41.5 Å². The number of carbonyl (C=O) groups is 2. The van der Waals surface area contributed by atoms with Gasteiger partial charge in [0, 0.05) is 29.6 Å². The molecular formula is C27H23N3O2S. The molecule has 2 amide bonds. The van der Waals surface area contributed by atoms with Crippen LogP contribution in [0.2, 0.25) is 0 Å². The van der Waals surface area contributed by atoms with Crippen LogP contribution in [0.25, 0.3) is 0 Å². The lowest BCUT2D eigenvalue weighted by molar-refractivity contribution is 0.0951. The highest BCUT2D eigenvalue weighted by Crippen LogP contribution is 2.27. The minimum Gasteiger partial charge on any atom is -0.348 e. The summed E-state index contributed by atoms with van der Waals surface area (Å²) in [6.45, 7) is 0.355. The first-order valence-corrected chi connectivity index (χ1v) is 11.5. The summed E-state index contributed by atoms with van der Waals surface area (Å²) in [6.07, 6.45) is 3.39. The van der Waals surface area contributed by atoms with Gasteiger partial charge in [0.25, 0.3) is 11.8 Å². The summed E-state index contributed by atoms with van der Waals surface area (Å²) in [4.78, 5) is 30.9. The van der Waals surface area contributed by atoms with E-state index in [2.05, 4.69) is 27.8 Å². The molecule has 1 heterocycles. The number of hydrogen-bond donors (Lipinski definition) is 2. The Morgan fingerprint density at radius 2 is 1.42 bits per heavy atom. The standard InChI is InChI=1S/C27H23N3O2S/c31-26(29-18-21-11-8-16-28-17-21)22-12-4-6-14-24(22)30-27(32)23-13-5-7-15-25(23)33-19-20-9-2-1-3-10-20/h1-17H,18-19H2,(H,29,31)(H,30,32).